The lowest BCUT2D eigenvalue weighted by Crippen LogP contribution is -2.53. The summed E-state index contributed by atoms with van der Waals surface area (Å²) in [7, 11) is 1.62. The van der Waals surface area contributed by atoms with Crippen LogP contribution in [0.5, 0.6) is 0 Å². The quantitative estimate of drug-likeness (QED) is 0.555. The molecule has 3 aliphatic rings. The second-order valence-corrected chi connectivity index (χ2v) is 3.85. The van der Waals surface area contributed by atoms with Gasteiger partial charge in [0.1, 0.15) is 24.4 Å². The van der Waals surface area contributed by atoms with E-state index in [1.54, 1.807) is 7.11 Å². The second kappa shape index (κ2) is 3.15. The van der Waals surface area contributed by atoms with Gasteiger partial charge in [-0.1, -0.05) is 0 Å². The lowest BCUT2D eigenvalue weighted by atomic mass is 10.0. The normalized spacial score (nSPS) is 56.1. The zero-order chi connectivity index (χ0) is 9.71. The van der Waals surface area contributed by atoms with Crippen LogP contribution < -0.4 is 0 Å². The smallest absolute Gasteiger partial charge is 0.186 e. The summed E-state index contributed by atoms with van der Waals surface area (Å²) in [5, 5.41) is 0. The standard InChI is InChI=1S/C9H14O5/c1-4-11-3-5-6(12-4)7-8(14-7)9(10-2)13-5/h4-9H,3H2,1-2H3/t4-,5-,6+,7+,8+,9+/m0/s1. The minimum atomic E-state index is -0.262. The molecule has 5 heteroatoms. The minimum Gasteiger partial charge on any atom is -0.361 e. The molecule has 3 fully saturated rings. The van der Waals surface area contributed by atoms with E-state index in [4.69, 9.17) is 23.7 Å². The van der Waals surface area contributed by atoms with Gasteiger partial charge in [0.15, 0.2) is 12.6 Å². The van der Waals surface area contributed by atoms with Gasteiger partial charge in [0.2, 0.25) is 0 Å². The Balaban J connectivity index is 1.72. The maximum atomic E-state index is 5.64. The van der Waals surface area contributed by atoms with Crippen LogP contribution in [0.25, 0.3) is 0 Å². The monoisotopic (exact) mass is 202 g/mol. The summed E-state index contributed by atoms with van der Waals surface area (Å²) in [6.07, 6.45) is -0.294. The first-order valence-corrected chi connectivity index (χ1v) is 4.90. The largest absolute Gasteiger partial charge is 0.361 e. The Labute approximate surface area is 82.2 Å². The van der Waals surface area contributed by atoms with Gasteiger partial charge < -0.3 is 23.7 Å². The highest BCUT2D eigenvalue weighted by Gasteiger charge is 2.60. The van der Waals surface area contributed by atoms with Crippen LogP contribution in [-0.2, 0) is 23.7 Å². The summed E-state index contributed by atoms with van der Waals surface area (Å²) >= 11 is 0. The SMILES string of the molecule is CO[C@@H]1O[C@H]2CO[C@H](C)O[C@H]2[C@H]2O[C@@H]12. The van der Waals surface area contributed by atoms with Crippen LogP contribution >= 0.6 is 0 Å². The van der Waals surface area contributed by atoms with Gasteiger partial charge in [-0.05, 0) is 6.92 Å². The first kappa shape index (κ1) is 9.06. The Morgan fingerprint density at radius 1 is 1.07 bits per heavy atom. The summed E-state index contributed by atoms with van der Waals surface area (Å²) in [5.74, 6) is 0. The van der Waals surface area contributed by atoms with Crippen molar-refractivity contribution in [3.63, 3.8) is 0 Å². The topological polar surface area (TPSA) is 49.5 Å². The third-order valence-corrected chi connectivity index (χ3v) is 2.91. The summed E-state index contributed by atoms with van der Waals surface area (Å²) in [4.78, 5) is 0. The molecule has 0 aliphatic carbocycles. The number of hydrogen-bond donors (Lipinski definition) is 0. The molecule has 80 valence electrons. The van der Waals surface area contributed by atoms with Crippen molar-refractivity contribution in [2.75, 3.05) is 13.7 Å². The molecule has 0 aromatic carbocycles. The van der Waals surface area contributed by atoms with Crippen LogP contribution in [0.3, 0.4) is 0 Å². The van der Waals surface area contributed by atoms with Crippen molar-refractivity contribution in [3.05, 3.63) is 0 Å². The molecule has 0 bridgehead atoms. The van der Waals surface area contributed by atoms with Gasteiger partial charge in [-0.2, -0.15) is 0 Å². The van der Waals surface area contributed by atoms with Crippen LogP contribution in [0, 0.1) is 0 Å². The van der Waals surface area contributed by atoms with E-state index in [2.05, 4.69) is 0 Å². The fraction of sp³-hybridized carbons (Fsp3) is 1.00. The highest BCUT2D eigenvalue weighted by Crippen LogP contribution is 2.41. The number of fused-ring (bicyclic) bond motifs is 3. The number of methoxy groups -OCH3 is 1. The maximum absolute atomic E-state index is 5.64. The zero-order valence-electron chi connectivity index (χ0n) is 8.21. The molecular weight excluding hydrogens is 188 g/mol. The van der Waals surface area contributed by atoms with Crippen LogP contribution in [0.4, 0.5) is 0 Å². The van der Waals surface area contributed by atoms with Gasteiger partial charge in [0.25, 0.3) is 0 Å². The summed E-state index contributed by atoms with van der Waals surface area (Å²) in [6, 6.07) is 0. The molecule has 14 heavy (non-hydrogen) atoms. The minimum absolute atomic E-state index is 0.00940. The third kappa shape index (κ3) is 1.28. The fourth-order valence-corrected chi connectivity index (χ4v) is 2.14. The van der Waals surface area contributed by atoms with Gasteiger partial charge in [-0.25, -0.2) is 0 Å². The van der Waals surface area contributed by atoms with Gasteiger partial charge >= 0.3 is 0 Å². The second-order valence-electron chi connectivity index (χ2n) is 3.85. The maximum Gasteiger partial charge on any atom is 0.186 e. The Morgan fingerprint density at radius 2 is 1.93 bits per heavy atom. The molecule has 3 heterocycles. The number of rotatable bonds is 1. The predicted octanol–water partition coefficient (Wildman–Crippen LogP) is -0.114. The van der Waals surface area contributed by atoms with Crippen LogP contribution in [-0.4, -0.2) is 50.7 Å². The molecule has 0 amide bonds. The molecular formula is C9H14O5. The van der Waals surface area contributed by atoms with E-state index in [-0.39, 0.29) is 37.0 Å². The van der Waals surface area contributed by atoms with E-state index in [0.29, 0.717) is 6.61 Å². The molecule has 3 rings (SSSR count). The van der Waals surface area contributed by atoms with E-state index in [1.807, 2.05) is 6.92 Å². The summed E-state index contributed by atoms with van der Waals surface area (Å²) in [5.41, 5.74) is 0. The van der Waals surface area contributed by atoms with Crippen molar-refractivity contribution in [2.45, 2.75) is 43.9 Å². The van der Waals surface area contributed by atoms with Crippen LogP contribution in [0.2, 0.25) is 0 Å². The number of hydrogen-bond acceptors (Lipinski definition) is 5. The summed E-state index contributed by atoms with van der Waals surface area (Å²) in [6.45, 7) is 2.44. The molecule has 5 nitrogen and oxygen atoms in total. The molecule has 0 aromatic rings. The lowest BCUT2D eigenvalue weighted by Gasteiger charge is -2.38. The average Bonchev–Trinajstić information content (AvgIpc) is 2.96. The average molecular weight is 202 g/mol. The third-order valence-electron chi connectivity index (χ3n) is 2.91. The molecule has 0 aromatic heterocycles. The molecule has 0 radical (unpaired) electrons. The van der Waals surface area contributed by atoms with Crippen molar-refractivity contribution < 1.29 is 23.7 Å². The molecule has 6 atom stereocenters. The van der Waals surface area contributed by atoms with E-state index >= 15 is 0 Å². The van der Waals surface area contributed by atoms with E-state index in [0.717, 1.165) is 0 Å². The molecule has 0 spiro atoms. The lowest BCUT2D eigenvalue weighted by molar-refractivity contribution is -0.295. The van der Waals surface area contributed by atoms with Crippen LogP contribution in [0.1, 0.15) is 6.92 Å². The molecule has 0 saturated carbocycles. The van der Waals surface area contributed by atoms with Crippen LogP contribution in [0.15, 0.2) is 0 Å². The Kier molecular flexibility index (Phi) is 2.04. The van der Waals surface area contributed by atoms with E-state index in [1.165, 1.54) is 0 Å². The number of epoxide rings is 1. The zero-order valence-corrected chi connectivity index (χ0v) is 8.21. The van der Waals surface area contributed by atoms with Gasteiger partial charge in [-0.3, -0.25) is 0 Å². The fourth-order valence-electron chi connectivity index (χ4n) is 2.14. The van der Waals surface area contributed by atoms with Gasteiger partial charge in [0, 0.05) is 7.11 Å². The van der Waals surface area contributed by atoms with E-state index < -0.39 is 0 Å². The highest BCUT2D eigenvalue weighted by atomic mass is 16.8. The van der Waals surface area contributed by atoms with Crippen molar-refractivity contribution in [2.24, 2.45) is 0 Å². The molecule has 3 aliphatic heterocycles. The Hall–Kier alpha value is -0.200. The van der Waals surface area contributed by atoms with Gasteiger partial charge in [0.05, 0.1) is 6.61 Å². The number of ether oxygens (including phenoxy) is 5. The van der Waals surface area contributed by atoms with E-state index in [9.17, 15) is 0 Å². The first-order chi connectivity index (χ1) is 6.79. The Bertz CT molecular complexity index is 233. The van der Waals surface area contributed by atoms with Crippen molar-refractivity contribution >= 4 is 0 Å². The van der Waals surface area contributed by atoms with Crippen molar-refractivity contribution in [3.8, 4) is 0 Å². The van der Waals surface area contributed by atoms with Gasteiger partial charge in [-0.15, -0.1) is 0 Å². The van der Waals surface area contributed by atoms with Crippen molar-refractivity contribution in [1.29, 1.82) is 0 Å². The predicted molar refractivity (Wildman–Crippen MR) is 44.6 cm³/mol. The molecule has 0 N–H and O–H groups in total. The van der Waals surface area contributed by atoms with Crippen molar-refractivity contribution in [1.82, 2.24) is 0 Å². The molecule has 0 unspecified atom stereocenters. The highest BCUT2D eigenvalue weighted by molar-refractivity contribution is 5.02. The Morgan fingerprint density at radius 3 is 2.71 bits per heavy atom. The first-order valence-electron chi connectivity index (χ1n) is 4.90. The summed E-state index contributed by atoms with van der Waals surface area (Å²) < 4.78 is 27.2. The molecule has 3 saturated heterocycles.